The third-order valence-corrected chi connectivity index (χ3v) is 5.73. The molecule has 1 amide bonds. The highest BCUT2D eigenvalue weighted by Gasteiger charge is 2.19. The summed E-state index contributed by atoms with van der Waals surface area (Å²) in [7, 11) is 1.62. The molecule has 7 nitrogen and oxygen atoms in total. The summed E-state index contributed by atoms with van der Waals surface area (Å²) in [4.78, 5) is 30.5. The van der Waals surface area contributed by atoms with Gasteiger partial charge in [-0.25, -0.2) is 9.67 Å². The first kappa shape index (κ1) is 21.7. The number of anilines is 1. The molecule has 164 valence electrons. The molecule has 0 bridgehead atoms. The summed E-state index contributed by atoms with van der Waals surface area (Å²) in [6.45, 7) is 6.43. The summed E-state index contributed by atoms with van der Waals surface area (Å²) in [6.07, 6.45) is 0. The maximum Gasteiger partial charge on any atom is 0.278 e. The van der Waals surface area contributed by atoms with Crippen molar-refractivity contribution in [3.63, 3.8) is 0 Å². The molecule has 0 aliphatic carbocycles. The molecule has 0 spiro atoms. The van der Waals surface area contributed by atoms with Gasteiger partial charge in [-0.05, 0) is 31.0 Å². The highest BCUT2D eigenvalue weighted by Crippen LogP contribution is 2.33. The number of hydrogen-bond donors (Lipinski definition) is 1. The molecule has 0 aliphatic rings. The second-order valence-electron chi connectivity index (χ2n) is 7.97. The van der Waals surface area contributed by atoms with Crippen molar-refractivity contribution in [2.24, 2.45) is 5.92 Å². The average molecular weight is 449 g/mol. The lowest BCUT2D eigenvalue weighted by Gasteiger charge is -2.12. The number of amides is 1. The summed E-state index contributed by atoms with van der Waals surface area (Å²) < 4.78 is 6.82. The number of nitrogens with one attached hydrogen (secondary N) is 1. The van der Waals surface area contributed by atoms with E-state index in [1.165, 1.54) is 16.0 Å². The van der Waals surface area contributed by atoms with Crippen molar-refractivity contribution < 1.29 is 9.53 Å². The maximum atomic E-state index is 13.2. The number of aromatic nitrogens is 3. The predicted molar refractivity (Wildman–Crippen MR) is 128 cm³/mol. The molecule has 0 unspecified atom stereocenters. The number of thiazole rings is 1. The highest BCUT2D eigenvalue weighted by molar-refractivity contribution is 7.14. The number of ether oxygens (including phenoxy) is 1. The van der Waals surface area contributed by atoms with E-state index in [-0.39, 0.29) is 17.2 Å². The van der Waals surface area contributed by atoms with Crippen LogP contribution in [0.1, 0.15) is 29.9 Å². The molecule has 0 fully saturated rings. The zero-order chi connectivity index (χ0) is 22.8. The Morgan fingerprint density at radius 2 is 1.94 bits per heavy atom. The van der Waals surface area contributed by atoms with Crippen LogP contribution < -0.4 is 15.6 Å². The van der Waals surface area contributed by atoms with Crippen LogP contribution in [-0.4, -0.2) is 27.8 Å². The Balaban J connectivity index is 1.69. The Morgan fingerprint density at radius 3 is 2.66 bits per heavy atom. The summed E-state index contributed by atoms with van der Waals surface area (Å²) in [5.41, 5.74) is 2.66. The van der Waals surface area contributed by atoms with Crippen molar-refractivity contribution in [3.05, 3.63) is 69.5 Å². The molecular weight excluding hydrogens is 424 g/mol. The Labute approximate surface area is 189 Å². The van der Waals surface area contributed by atoms with E-state index >= 15 is 0 Å². The van der Waals surface area contributed by atoms with Gasteiger partial charge < -0.3 is 4.74 Å². The molecule has 0 atom stereocenters. The Kier molecular flexibility index (Phi) is 6.05. The third kappa shape index (κ3) is 4.27. The van der Waals surface area contributed by atoms with Gasteiger partial charge in [0.2, 0.25) is 0 Å². The molecule has 8 heteroatoms. The number of rotatable bonds is 6. The van der Waals surface area contributed by atoms with E-state index in [0.29, 0.717) is 33.9 Å². The van der Waals surface area contributed by atoms with Gasteiger partial charge in [-0.2, -0.15) is 5.10 Å². The molecule has 0 saturated heterocycles. The Bertz CT molecular complexity index is 1360. The van der Waals surface area contributed by atoms with Crippen LogP contribution in [0.4, 0.5) is 5.13 Å². The van der Waals surface area contributed by atoms with Gasteiger partial charge in [0.05, 0.1) is 18.2 Å². The summed E-state index contributed by atoms with van der Waals surface area (Å²) in [5.74, 6) is 0.520. The van der Waals surface area contributed by atoms with E-state index in [1.807, 2.05) is 44.4 Å². The molecule has 4 aromatic rings. The number of benzene rings is 2. The molecule has 0 saturated carbocycles. The number of fused-ring (bicyclic) bond motifs is 1. The number of carbonyl (C=O) groups excluding carboxylic acids is 1. The van der Waals surface area contributed by atoms with E-state index in [4.69, 9.17) is 4.74 Å². The van der Waals surface area contributed by atoms with Gasteiger partial charge in [0.25, 0.3) is 11.5 Å². The zero-order valence-electron chi connectivity index (χ0n) is 18.4. The van der Waals surface area contributed by atoms with Gasteiger partial charge in [-0.3, -0.25) is 14.9 Å². The van der Waals surface area contributed by atoms with Crippen molar-refractivity contribution in [2.45, 2.75) is 27.3 Å². The third-order valence-electron chi connectivity index (χ3n) is 4.98. The fourth-order valence-corrected chi connectivity index (χ4v) is 4.21. The molecule has 4 rings (SSSR count). The van der Waals surface area contributed by atoms with Gasteiger partial charge >= 0.3 is 0 Å². The van der Waals surface area contributed by atoms with E-state index in [2.05, 4.69) is 15.4 Å². The topological polar surface area (TPSA) is 86.1 Å². The molecule has 1 N–H and O–H groups in total. The molecular formula is C24H24N4O3S. The van der Waals surface area contributed by atoms with Gasteiger partial charge in [0, 0.05) is 22.9 Å². The number of carbonyl (C=O) groups is 1. The van der Waals surface area contributed by atoms with Crippen LogP contribution in [0.25, 0.3) is 22.0 Å². The second kappa shape index (κ2) is 8.92. The highest BCUT2D eigenvalue weighted by atomic mass is 32.1. The summed E-state index contributed by atoms with van der Waals surface area (Å²) in [5, 5.41) is 10.5. The fraction of sp³-hybridized carbons (Fsp3) is 0.250. The smallest absolute Gasteiger partial charge is 0.278 e. The lowest BCUT2D eigenvalue weighted by molar-refractivity contribution is 0.102. The average Bonchev–Trinajstić information content (AvgIpc) is 3.23. The zero-order valence-corrected chi connectivity index (χ0v) is 19.2. The minimum Gasteiger partial charge on any atom is -0.496 e. The number of methoxy groups -OCH3 is 1. The largest absolute Gasteiger partial charge is 0.496 e. The minimum atomic E-state index is -0.407. The quantitative estimate of drug-likeness (QED) is 0.460. The molecule has 2 heterocycles. The van der Waals surface area contributed by atoms with Crippen LogP contribution >= 0.6 is 11.3 Å². The second-order valence-corrected chi connectivity index (χ2v) is 8.83. The van der Waals surface area contributed by atoms with E-state index in [0.717, 1.165) is 11.1 Å². The SMILES string of the molecule is COc1ccc(C)cc1-c1csc(NC(=O)c2nn(CC(C)C)c(=O)c3ccccc23)n1. The van der Waals surface area contributed by atoms with E-state index in [1.54, 1.807) is 31.4 Å². The maximum absolute atomic E-state index is 13.2. The van der Waals surface area contributed by atoms with Crippen molar-refractivity contribution >= 4 is 33.1 Å². The van der Waals surface area contributed by atoms with Crippen LogP contribution in [0.5, 0.6) is 5.75 Å². The molecule has 32 heavy (non-hydrogen) atoms. The summed E-state index contributed by atoms with van der Waals surface area (Å²) in [6, 6.07) is 12.9. The van der Waals surface area contributed by atoms with Crippen LogP contribution in [-0.2, 0) is 6.54 Å². The van der Waals surface area contributed by atoms with Gasteiger partial charge in [-0.1, -0.05) is 43.7 Å². The minimum absolute atomic E-state index is 0.200. The van der Waals surface area contributed by atoms with Gasteiger partial charge in [-0.15, -0.1) is 11.3 Å². The first-order valence-corrected chi connectivity index (χ1v) is 11.2. The predicted octanol–water partition coefficient (Wildman–Crippen LogP) is 4.75. The van der Waals surface area contributed by atoms with Crippen LogP contribution in [0.2, 0.25) is 0 Å². The van der Waals surface area contributed by atoms with Crippen molar-refractivity contribution in [1.82, 2.24) is 14.8 Å². The Hall–Kier alpha value is -3.52. The lowest BCUT2D eigenvalue weighted by atomic mass is 10.1. The molecule has 2 aromatic carbocycles. The number of hydrogen-bond acceptors (Lipinski definition) is 6. The normalized spacial score (nSPS) is 11.2. The van der Waals surface area contributed by atoms with Crippen molar-refractivity contribution in [3.8, 4) is 17.0 Å². The monoisotopic (exact) mass is 448 g/mol. The first-order valence-electron chi connectivity index (χ1n) is 10.3. The molecule has 0 radical (unpaired) electrons. The molecule has 2 aromatic heterocycles. The standard InChI is InChI=1S/C24H24N4O3S/c1-14(2)12-28-23(30)17-8-6-5-7-16(17)21(27-28)22(29)26-24-25-19(13-32-24)18-11-15(3)9-10-20(18)31-4/h5-11,13-14H,12H2,1-4H3,(H,25,26,29). The first-order chi connectivity index (χ1) is 15.4. The van der Waals surface area contributed by atoms with E-state index < -0.39 is 5.91 Å². The van der Waals surface area contributed by atoms with Gasteiger partial charge in [0.15, 0.2) is 10.8 Å². The van der Waals surface area contributed by atoms with Crippen molar-refractivity contribution in [1.29, 1.82) is 0 Å². The van der Waals surface area contributed by atoms with Crippen LogP contribution in [0.3, 0.4) is 0 Å². The van der Waals surface area contributed by atoms with E-state index in [9.17, 15) is 9.59 Å². The Morgan fingerprint density at radius 1 is 1.19 bits per heavy atom. The molecule has 0 aliphatic heterocycles. The number of nitrogens with zero attached hydrogens (tertiary/aromatic N) is 3. The fourth-order valence-electron chi connectivity index (χ4n) is 3.51. The van der Waals surface area contributed by atoms with Crippen molar-refractivity contribution in [2.75, 3.05) is 12.4 Å². The lowest BCUT2D eigenvalue weighted by Crippen LogP contribution is -2.29. The van der Waals surface area contributed by atoms with Crippen LogP contribution in [0, 0.1) is 12.8 Å². The summed E-state index contributed by atoms with van der Waals surface area (Å²) >= 11 is 1.32. The van der Waals surface area contributed by atoms with Crippen LogP contribution in [0.15, 0.2) is 52.6 Å². The number of aryl methyl sites for hydroxylation is 1. The van der Waals surface area contributed by atoms with Gasteiger partial charge in [0.1, 0.15) is 5.75 Å².